The topological polar surface area (TPSA) is 131 Å². The van der Waals surface area contributed by atoms with Gasteiger partial charge in [0.15, 0.2) is 0 Å². The summed E-state index contributed by atoms with van der Waals surface area (Å²) >= 11 is 8.79. The highest BCUT2D eigenvalue weighted by molar-refractivity contribution is 9.09. The van der Waals surface area contributed by atoms with Crippen LogP contribution in [0.5, 0.6) is 0 Å². The molecule has 0 saturated carbocycles. The zero-order valence-corrected chi connectivity index (χ0v) is 11.7. The van der Waals surface area contributed by atoms with E-state index in [4.69, 9.17) is 27.2 Å². The van der Waals surface area contributed by atoms with E-state index in [0.29, 0.717) is 0 Å². The van der Waals surface area contributed by atoms with Crippen molar-refractivity contribution < 1.29 is 20.1 Å². The summed E-state index contributed by atoms with van der Waals surface area (Å²) in [4.78, 5) is 15.2. The van der Waals surface area contributed by atoms with E-state index in [9.17, 15) is 15.0 Å². The van der Waals surface area contributed by atoms with Crippen LogP contribution in [0.4, 0.5) is 5.82 Å². The number of hydrogen-bond donors (Lipinski definition) is 4. The van der Waals surface area contributed by atoms with E-state index in [1.165, 1.54) is 0 Å². The summed E-state index contributed by atoms with van der Waals surface area (Å²) in [6.07, 6.45) is -2.83. The Morgan fingerprint density at radius 2 is 2.26 bits per heavy atom. The molecule has 1 aliphatic heterocycles. The highest BCUT2D eigenvalue weighted by Gasteiger charge is 2.54. The lowest BCUT2D eigenvalue weighted by molar-refractivity contribution is -0.0765. The number of nitrogens with zero attached hydrogens (tertiary/aromatic N) is 2. The maximum Gasteiger partial charge on any atom is 0.352 e. The summed E-state index contributed by atoms with van der Waals surface area (Å²) in [5.41, 5.74) is 4.55. The van der Waals surface area contributed by atoms with E-state index in [0.717, 1.165) is 10.8 Å². The van der Waals surface area contributed by atoms with E-state index in [1.807, 2.05) is 0 Å². The number of aliphatic hydroxyl groups is 3. The first-order valence-corrected chi connectivity index (χ1v) is 6.37. The van der Waals surface area contributed by atoms with Crippen LogP contribution < -0.4 is 11.4 Å². The zero-order valence-electron chi connectivity index (χ0n) is 9.40. The molecule has 0 aliphatic carbocycles. The molecule has 19 heavy (non-hydrogen) atoms. The van der Waals surface area contributed by atoms with E-state index < -0.39 is 35.2 Å². The molecule has 0 aromatic carbocycles. The summed E-state index contributed by atoms with van der Waals surface area (Å²) in [5, 5.41) is 28.7. The van der Waals surface area contributed by atoms with Gasteiger partial charge in [0.1, 0.15) is 24.1 Å². The maximum atomic E-state index is 11.8. The number of aromatic nitrogens is 2. The molecule has 0 unspecified atom stereocenters. The Kier molecular flexibility index (Phi) is 3.87. The first kappa shape index (κ1) is 14.7. The van der Waals surface area contributed by atoms with Crippen molar-refractivity contribution >= 4 is 33.3 Å². The van der Waals surface area contributed by atoms with Gasteiger partial charge in [-0.25, -0.2) is 4.79 Å². The Morgan fingerprint density at radius 3 is 2.79 bits per heavy atom. The lowest BCUT2D eigenvalue weighted by Gasteiger charge is -2.27. The number of aliphatic hydroxyl groups excluding tert-OH is 3. The second kappa shape index (κ2) is 5.00. The van der Waals surface area contributed by atoms with Crippen molar-refractivity contribution in [3.8, 4) is 0 Å². The quantitative estimate of drug-likeness (QED) is 0.479. The molecule has 1 aromatic rings. The molecule has 1 aliphatic rings. The Balaban J connectivity index is 2.52. The summed E-state index contributed by atoms with van der Waals surface area (Å²) in [6, 6.07) is 0. The van der Waals surface area contributed by atoms with Gasteiger partial charge in [0.25, 0.3) is 0 Å². The van der Waals surface area contributed by atoms with E-state index in [-0.39, 0.29) is 10.8 Å². The minimum atomic E-state index is -1.78. The number of hydrogen-bond acceptors (Lipinski definition) is 7. The van der Waals surface area contributed by atoms with Crippen LogP contribution in [0.15, 0.2) is 11.0 Å². The van der Waals surface area contributed by atoms with Crippen LogP contribution in [0.2, 0.25) is 5.02 Å². The number of ether oxygens (including phenoxy) is 1. The molecule has 106 valence electrons. The lowest BCUT2D eigenvalue weighted by atomic mass is 10.1. The van der Waals surface area contributed by atoms with Gasteiger partial charge >= 0.3 is 5.69 Å². The molecule has 8 nitrogen and oxygen atoms in total. The van der Waals surface area contributed by atoms with Crippen LogP contribution in [0.1, 0.15) is 0 Å². The Morgan fingerprint density at radius 1 is 1.63 bits per heavy atom. The average molecular weight is 357 g/mol. The van der Waals surface area contributed by atoms with Gasteiger partial charge in [-0.3, -0.25) is 4.57 Å². The van der Waals surface area contributed by atoms with Crippen molar-refractivity contribution in [1.29, 1.82) is 0 Å². The highest BCUT2D eigenvalue weighted by atomic mass is 79.9. The number of rotatable bonds is 2. The molecule has 5 N–H and O–H groups in total. The molecule has 0 spiro atoms. The Labute approximate surface area is 120 Å². The van der Waals surface area contributed by atoms with Gasteiger partial charge < -0.3 is 25.8 Å². The highest BCUT2D eigenvalue weighted by Crippen LogP contribution is 2.40. The smallest absolute Gasteiger partial charge is 0.352 e. The van der Waals surface area contributed by atoms with Crippen molar-refractivity contribution in [3.63, 3.8) is 0 Å². The third-order valence-electron chi connectivity index (χ3n) is 2.80. The van der Waals surface area contributed by atoms with Crippen molar-refractivity contribution in [3.05, 3.63) is 21.7 Å². The monoisotopic (exact) mass is 355 g/mol. The second-order valence-corrected chi connectivity index (χ2v) is 5.55. The van der Waals surface area contributed by atoms with Gasteiger partial charge in [0.05, 0.1) is 11.6 Å². The molecule has 10 heteroatoms. The van der Waals surface area contributed by atoms with E-state index in [2.05, 4.69) is 20.9 Å². The van der Waals surface area contributed by atoms with Crippen molar-refractivity contribution in [2.45, 2.75) is 22.9 Å². The molecule has 1 fully saturated rings. The fourth-order valence-corrected chi connectivity index (χ4v) is 2.68. The number of alkyl halides is 1. The molecular formula is C9H11BrClN3O5. The second-order valence-electron chi connectivity index (χ2n) is 4.01. The largest absolute Gasteiger partial charge is 0.394 e. The minimum Gasteiger partial charge on any atom is -0.394 e. The molecule has 2 heterocycles. The number of nitrogens with two attached hydrogens (primary N) is 1. The SMILES string of the molecule is Nc1nc(=O)n([C@]2(Br)O[C@H](CO)[C@@H](O)[C@H]2O)cc1Cl. The van der Waals surface area contributed by atoms with Crippen LogP contribution in [0.3, 0.4) is 0 Å². The molecule has 0 bridgehead atoms. The first-order valence-electron chi connectivity index (χ1n) is 5.20. The molecule has 1 saturated heterocycles. The van der Waals surface area contributed by atoms with Gasteiger partial charge in [-0.1, -0.05) is 11.6 Å². The van der Waals surface area contributed by atoms with E-state index >= 15 is 0 Å². The predicted molar refractivity (Wildman–Crippen MR) is 68.8 cm³/mol. The normalized spacial score (nSPS) is 34.7. The number of halogens is 2. The molecule has 1 aromatic heterocycles. The van der Waals surface area contributed by atoms with Crippen molar-refractivity contribution in [1.82, 2.24) is 9.55 Å². The van der Waals surface area contributed by atoms with Crippen LogP contribution in [-0.4, -0.2) is 49.8 Å². The third kappa shape index (κ3) is 2.26. The number of nitrogen functional groups attached to an aromatic ring is 1. The van der Waals surface area contributed by atoms with Crippen LogP contribution in [0.25, 0.3) is 0 Å². The maximum absolute atomic E-state index is 11.8. The van der Waals surface area contributed by atoms with Gasteiger partial charge in [-0.15, -0.1) is 0 Å². The average Bonchev–Trinajstić information content (AvgIpc) is 2.59. The third-order valence-corrected chi connectivity index (χ3v) is 4.13. The van der Waals surface area contributed by atoms with Gasteiger partial charge in [-0.05, 0) is 15.9 Å². The molecule has 0 radical (unpaired) electrons. The fourth-order valence-electron chi connectivity index (χ4n) is 1.77. The molecule has 0 amide bonds. The molecular weight excluding hydrogens is 345 g/mol. The molecule has 4 atom stereocenters. The summed E-state index contributed by atoms with van der Waals surface area (Å²) in [6.45, 7) is -0.531. The van der Waals surface area contributed by atoms with Gasteiger partial charge in [0, 0.05) is 6.20 Å². The summed E-state index contributed by atoms with van der Waals surface area (Å²) in [7, 11) is 0. The van der Waals surface area contributed by atoms with E-state index in [1.54, 1.807) is 0 Å². The zero-order chi connectivity index (χ0) is 14.4. The Bertz CT molecular complexity index is 555. The summed E-state index contributed by atoms with van der Waals surface area (Å²) < 4.78 is 4.35. The van der Waals surface area contributed by atoms with Crippen LogP contribution >= 0.6 is 27.5 Å². The predicted octanol–water partition coefficient (Wildman–Crippen LogP) is -1.40. The number of anilines is 1. The Hall–Kier alpha value is -0.710. The summed E-state index contributed by atoms with van der Waals surface area (Å²) in [5.74, 6) is -0.161. The van der Waals surface area contributed by atoms with Crippen molar-refractivity contribution in [2.75, 3.05) is 12.3 Å². The van der Waals surface area contributed by atoms with Crippen LogP contribution in [-0.2, 0) is 9.37 Å². The van der Waals surface area contributed by atoms with Crippen LogP contribution in [0, 0.1) is 0 Å². The standard InChI is InChI=1S/C9H11BrClN3O5/c10-9(6(17)5(16)4(2-15)19-9)14-1-3(11)7(12)13-8(14)18/h1,4-6,15-17H,2H2,(H2,12,13,18)/t4-,5-,6-,9+/m1/s1. The lowest BCUT2D eigenvalue weighted by Crippen LogP contribution is -2.46. The van der Waals surface area contributed by atoms with Gasteiger partial charge in [-0.2, -0.15) is 4.98 Å². The molecule has 2 rings (SSSR count). The minimum absolute atomic E-state index is 0.0174. The van der Waals surface area contributed by atoms with Gasteiger partial charge in [0.2, 0.25) is 4.63 Å². The van der Waals surface area contributed by atoms with Crippen molar-refractivity contribution in [2.24, 2.45) is 0 Å². The first-order chi connectivity index (χ1) is 8.81. The fraction of sp³-hybridized carbons (Fsp3) is 0.556.